The van der Waals surface area contributed by atoms with E-state index in [2.05, 4.69) is 0 Å². The Kier molecular flexibility index (Phi) is 3.86. The summed E-state index contributed by atoms with van der Waals surface area (Å²) in [5, 5.41) is 10.9. The zero-order chi connectivity index (χ0) is 14.7. The number of nitrogens with two attached hydrogens (primary N) is 1. The highest BCUT2D eigenvalue weighted by Crippen LogP contribution is 2.31. The van der Waals surface area contributed by atoms with Gasteiger partial charge in [-0.25, -0.2) is 0 Å². The van der Waals surface area contributed by atoms with Crippen LogP contribution in [0.4, 0.5) is 5.69 Å². The number of benzene rings is 1. The van der Waals surface area contributed by atoms with E-state index in [1.165, 1.54) is 18.2 Å². The van der Waals surface area contributed by atoms with Crippen molar-refractivity contribution in [1.29, 1.82) is 0 Å². The first kappa shape index (κ1) is 13.8. The summed E-state index contributed by atoms with van der Waals surface area (Å²) in [4.78, 5) is 20.9. The molecule has 1 aromatic heterocycles. The van der Waals surface area contributed by atoms with Crippen LogP contribution in [0.1, 0.15) is 5.76 Å². The van der Waals surface area contributed by atoms with E-state index >= 15 is 0 Å². The normalized spacial score (nSPS) is 10.8. The molecule has 0 aliphatic carbocycles. The summed E-state index contributed by atoms with van der Waals surface area (Å²) in [6.07, 6.45) is 2.57. The fourth-order valence-corrected chi connectivity index (χ4v) is 1.75. The van der Waals surface area contributed by atoms with Crippen molar-refractivity contribution < 1.29 is 14.1 Å². The molecule has 1 heterocycles. The quantitative estimate of drug-likeness (QED) is 0.532. The molecule has 2 aromatic rings. The zero-order valence-electron chi connectivity index (χ0n) is 10.1. The Bertz CT molecular complexity index is 706. The van der Waals surface area contributed by atoms with Crippen molar-refractivity contribution in [3.05, 3.63) is 57.3 Å². The van der Waals surface area contributed by atoms with E-state index in [0.717, 1.165) is 6.08 Å². The highest BCUT2D eigenvalue weighted by Gasteiger charge is 2.14. The second kappa shape index (κ2) is 5.58. The van der Waals surface area contributed by atoms with E-state index in [1.54, 1.807) is 18.2 Å². The minimum Gasteiger partial charge on any atom is -0.457 e. The van der Waals surface area contributed by atoms with Gasteiger partial charge in [0.25, 0.3) is 5.69 Å². The molecule has 1 amide bonds. The second-order valence-electron chi connectivity index (χ2n) is 3.86. The van der Waals surface area contributed by atoms with Gasteiger partial charge in [-0.1, -0.05) is 11.6 Å². The molecule has 0 radical (unpaired) electrons. The van der Waals surface area contributed by atoms with Crippen LogP contribution in [0.25, 0.3) is 17.4 Å². The van der Waals surface area contributed by atoms with E-state index in [9.17, 15) is 14.9 Å². The Labute approximate surface area is 118 Å². The van der Waals surface area contributed by atoms with Crippen LogP contribution < -0.4 is 5.73 Å². The first-order chi connectivity index (χ1) is 9.47. The van der Waals surface area contributed by atoms with Gasteiger partial charge in [-0.05, 0) is 30.3 Å². The summed E-state index contributed by atoms with van der Waals surface area (Å²) in [5.41, 5.74) is 5.29. The third-order valence-electron chi connectivity index (χ3n) is 2.47. The minimum absolute atomic E-state index is 0.0548. The molecule has 0 saturated carbocycles. The average Bonchev–Trinajstić information content (AvgIpc) is 2.85. The van der Waals surface area contributed by atoms with Crippen molar-refractivity contribution in [2.24, 2.45) is 5.73 Å². The third-order valence-corrected chi connectivity index (χ3v) is 2.79. The fourth-order valence-electron chi connectivity index (χ4n) is 1.57. The number of primary amides is 1. The van der Waals surface area contributed by atoms with E-state index in [-0.39, 0.29) is 10.7 Å². The lowest BCUT2D eigenvalue weighted by Crippen LogP contribution is -2.04. The number of rotatable bonds is 4. The summed E-state index contributed by atoms with van der Waals surface area (Å²) in [7, 11) is 0. The Morgan fingerprint density at radius 1 is 1.35 bits per heavy atom. The SMILES string of the molecule is NC(=O)/C=C\c1ccc(-c2ccc(Cl)c([N+](=O)[O-])c2)o1. The number of hydrogen-bond donors (Lipinski definition) is 1. The number of halogens is 1. The molecule has 0 saturated heterocycles. The molecule has 0 atom stereocenters. The zero-order valence-corrected chi connectivity index (χ0v) is 10.8. The summed E-state index contributed by atoms with van der Waals surface area (Å²) in [5.74, 6) is 0.246. The molecule has 0 unspecified atom stereocenters. The van der Waals surface area contributed by atoms with Crippen molar-refractivity contribution in [2.45, 2.75) is 0 Å². The molecule has 2 rings (SSSR count). The van der Waals surface area contributed by atoms with E-state index in [0.29, 0.717) is 17.1 Å². The molecule has 1 aromatic carbocycles. The summed E-state index contributed by atoms with van der Waals surface area (Å²) in [6.45, 7) is 0. The van der Waals surface area contributed by atoms with Gasteiger partial charge in [0, 0.05) is 17.7 Å². The maximum absolute atomic E-state index is 10.8. The third kappa shape index (κ3) is 3.04. The fraction of sp³-hybridized carbons (Fsp3) is 0. The van der Waals surface area contributed by atoms with Gasteiger partial charge in [0.05, 0.1) is 4.92 Å². The summed E-state index contributed by atoms with van der Waals surface area (Å²) in [6, 6.07) is 7.61. The Morgan fingerprint density at radius 3 is 2.75 bits per heavy atom. The molecule has 0 aliphatic rings. The maximum atomic E-state index is 10.8. The number of hydrogen-bond acceptors (Lipinski definition) is 4. The van der Waals surface area contributed by atoms with Crippen LogP contribution in [0, 0.1) is 10.1 Å². The van der Waals surface area contributed by atoms with Crippen molar-refractivity contribution >= 4 is 29.3 Å². The van der Waals surface area contributed by atoms with Crippen molar-refractivity contribution in [1.82, 2.24) is 0 Å². The standard InChI is InChI=1S/C13H9ClN2O4/c14-10-4-1-8(7-11(10)16(18)19)12-5-2-9(20-12)3-6-13(15)17/h1-7H,(H2,15,17)/b6-3-. The lowest BCUT2D eigenvalue weighted by Gasteiger charge is -1.99. The predicted octanol–water partition coefficient (Wildman–Crippen LogP) is 3.01. The molecule has 0 fully saturated rings. The molecule has 0 spiro atoms. The summed E-state index contributed by atoms with van der Waals surface area (Å²) >= 11 is 5.73. The monoisotopic (exact) mass is 292 g/mol. The van der Waals surface area contributed by atoms with Crippen LogP contribution in [0.2, 0.25) is 5.02 Å². The molecule has 6 nitrogen and oxygen atoms in total. The van der Waals surface area contributed by atoms with Gasteiger partial charge >= 0.3 is 0 Å². The molecule has 0 aliphatic heterocycles. The Balaban J connectivity index is 2.35. The van der Waals surface area contributed by atoms with Crippen molar-refractivity contribution in [3.8, 4) is 11.3 Å². The Morgan fingerprint density at radius 2 is 2.10 bits per heavy atom. The van der Waals surface area contributed by atoms with Crippen LogP contribution in [-0.2, 0) is 4.79 Å². The number of nitro groups is 1. The smallest absolute Gasteiger partial charge is 0.288 e. The van der Waals surface area contributed by atoms with Gasteiger partial charge in [0.1, 0.15) is 16.5 Å². The molecule has 102 valence electrons. The number of carbonyl (C=O) groups excluding carboxylic acids is 1. The first-order valence-electron chi connectivity index (χ1n) is 5.49. The van der Waals surface area contributed by atoms with Crippen LogP contribution >= 0.6 is 11.6 Å². The van der Waals surface area contributed by atoms with Crippen LogP contribution in [-0.4, -0.2) is 10.8 Å². The summed E-state index contributed by atoms with van der Waals surface area (Å²) < 4.78 is 5.43. The van der Waals surface area contributed by atoms with Crippen molar-refractivity contribution in [2.75, 3.05) is 0 Å². The van der Waals surface area contributed by atoms with Crippen molar-refractivity contribution in [3.63, 3.8) is 0 Å². The van der Waals surface area contributed by atoms with Gasteiger partial charge in [0.2, 0.25) is 5.91 Å². The molecular weight excluding hydrogens is 284 g/mol. The molecule has 7 heteroatoms. The number of furan rings is 1. The molecule has 2 N–H and O–H groups in total. The highest BCUT2D eigenvalue weighted by molar-refractivity contribution is 6.32. The number of carbonyl (C=O) groups is 1. The lowest BCUT2D eigenvalue weighted by atomic mass is 10.1. The van der Waals surface area contributed by atoms with E-state index < -0.39 is 10.8 Å². The van der Waals surface area contributed by atoms with Crippen LogP contribution in [0.3, 0.4) is 0 Å². The first-order valence-corrected chi connectivity index (χ1v) is 5.87. The van der Waals surface area contributed by atoms with Crippen LogP contribution in [0.5, 0.6) is 0 Å². The van der Waals surface area contributed by atoms with Gasteiger partial charge in [-0.3, -0.25) is 14.9 Å². The minimum atomic E-state index is -0.593. The van der Waals surface area contributed by atoms with Gasteiger partial charge < -0.3 is 10.2 Å². The number of nitro benzene ring substituents is 1. The number of nitrogens with zero attached hydrogens (tertiary/aromatic N) is 1. The average molecular weight is 293 g/mol. The maximum Gasteiger partial charge on any atom is 0.288 e. The van der Waals surface area contributed by atoms with E-state index in [1.807, 2.05) is 0 Å². The highest BCUT2D eigenvalue weighted by atomic mass is 35.5. The van der Waals surface area contributed by atoms with Crippen LogP contribution in [0.15, 0.2) is 40.8 Å². The number of amides is 1. The molecular formula is C13H9ClN2O4. The second-order valence-corrected chi connectivity index (χ2v) is 4.27. The predicted molar refractivity (Wildman–Crippen MR) is 74.0 cm³/mol. The van der Waals surface area contributed by atoms with Gasteiger partial charge in [-0.2, -0.15) is 0 Å². The van der Waals surface area contributed by atoms with E-state index in [4.69, 9.17) is 21.8 Å². The topological polar surface area (TPSA) is 99.4 Å². The molecule has 20 heavy (non-hydrogen) atoms. The molecule has 0 bridgehead atoms. The Hall–Kier alpha value is -2.60. The van der Waals surface area contributed by atoms with Gasteiger partial charge in [-0.15, -0.1) is 0 Å². The van der Waals surface area contributed by atoms with Gasteiger partial charge in [0.15, 0.2) is 0 Å². The lowest BCUT2D eigenvalue weighted by molar-refractivity contribution is -0.384. The largest absolute Gasteiger partial charge is 0.457 e.